The van der Waals surface area contributed by atoms with Crippen LogP contribution in [0.4, 0.5) is 0 Å². The molecule has 55 heavy (non-hydrogen) atoms. The minimum absolute atomic E-state index is 0.0652. The van der Waals surface area contributed by atoms with E-state index in [1.54, 1.807) is 0 Å². The topological polar surface area (TPSA) is 78.9 Å². The Morgan fingerprint density at radius 2 is 0.600 bits per heavy atom. The second kappa shape index (κ2) is 42.0. The lowest BCUT2D eigenvalue weighted by molar-refractivity contribution is -0.167. The molecule has 6 nitrogen and oxygen atoms in total. The number of hydrogen-bond donors (Lipinski definition) is 0. The molecule has 0 saturated carbocycles. The zero-order valence-electron chi connectivity index (χ0n) is 37.6. The molecule has 0 heterocycles. The van der Waals surface area contributed by atoms with Crippen LogP contribution in [-0.2, 0) is 28.6 Å². The Hall–Kier alpha value is -1.59. The highest BCUT2D eigenvalue weighted by Crippen LogP contribution is 2.17. The monoisotopic (exact) mass is 779 g/mol. The van der Waals surface area contributed by atoms with E-state index in [1.165, 1.54) is 154 Å². The van der Waals surface area contributed by atoms with E-state index in [2.05, 4.69) is 34.6 Å². The Balaban J connectivity index is 4.21. The number of rotatable bonds is 43. The number of ether oxygens (including phenoxy) is 3. The van der Waals surface area contributed by atoms with Gasteiger partial charge in [0.1, 0.15) is 13.2 Å². The van der Waals surface area contributed by atoms with Crippen LogP contribution < -0.4 is 0 Å². The zero-order valence-corrected chi connectivity index (χ0v) is 37.6. The molecule has 0 aliphatic carbocycles. The Morgan fingerprint density at radius 3 is 0.891 bits per heavy atom. The Kier molecular flexibility index (Phi) is 40.8. The molecule has 0 unspecified atom stereocenters. The Labute approximate surface area is 342 Å². The molecule has 0 fully saturated rings. The second-order valence-electron chi connectivity index (χ2n) is 17.7. The first-order chi connectivity index (χ1) is 26.7. The quantitative estimate of drug-likeness (QED) is 0.0348. The van der Waals surface area contributed by atoms with Gasteiger partial charge in [-0.25, -0.2) is 0 Å². The van der Waals surface area contributed by atoms with E-state index in [-0.39, 0.29) is 31.1 Å². The van der Waals surface area contributed by atoms with E-state index in [9.17, 15) is 14.4 Å². The minimum atomic E-state index is -0.760. The van der Waals surface area contributed by atoms with Gasteiger partial charge in [0.25, 0.3) is 0 Å². The SMILES string of the molecule is CCCCCCCCCCCCC(=O)OC[C@H](COC(=O)CCCCCCCCCCCCCCCCCC(C)C)OC(=O)CCCCCCCCC(C)C. The lowest BCUT2D eigenvalue weighted by Crippen LogP contribution is -2.30. The average molecular weight is 779 g/mol. The molecule has 326 valence electrons. The average Bonchev–Trinajstić information content (AvgIpc) is 3.15. The third kappa shape index (κ3) is 43.4. The summed E-state index contributed by atoms with van der Waals surface area (Å²) in [5.41, 5.74) is 0. The first-order valence-electron chi connectivity index (χ1n) is 24.2. The highest BCUT2D eigenvalue weighted by molar-refractivity contribution is 5.71. The van der Waals surface area contributed by atoms with Crippen LogP contribution in [0, 0.1) is 11.8 Å². The molecule has 0 bridgehead atoms. The van der Waals surface area contributed by atoms with Crippen molar-refractivity contribution < 1.29 is 28.6 Å². The largest absolute Gasteiger partial charge is 0.462 e. The second-order valence-corrected chi connectivity index (χ2v) is 17.7. The van der Waals surface area contributed by atoms with Gasteiger partial charge in [0.15, 0.2) is 6.10 Å². The fourth-order valence-corrected chi connectivity index (χ4v) is 7.28. The van der Waals surface area contributed by atoms with Crippen LogP contribution in [0.25, 0.3) is 0 Å². The molecule has 0 saturated heterocycles. The van der Waals surface area contributed by atoms with Gasteiger partial charge in [-0.05, 0) is 31.1 Å². The van der Waals surface area contributed by atoms with Gasteiger partial charge in [-0.15, -0.1) is 0 Å². The highest BCUT2D eigenvalue weighted by atomic mass is 16.6. The van der Waals surface area contributed by atoms with E-state index in [4.69, 9.17) is 14.2 Å². The van der Waals surface area contributed by atoms with Crippen LogP contribution in [0.2, 0.25) is 0 Å². The molecule has 6 heteroatoms. The lowest BCUT2D eigenvalue weighted by atomic mass is 10.0. The van der Waals surface area contributed by atoms with Crippen LogP contribution in [0.3, 0.4) is 0 Å². The predicted molar refractivity (Wildman–Crippen MR) is 233 cm³/mol. The van der Waals surface area contributed by atoms with Gasteiger partial charge in [0.2, 0.25) is 0 Å². The van der Waals surface area contributed by atoms with Crippen molar-refractivity contribution in [2.24, 2.45) is 11.8 Å². The highest BCUT2D eigenvalue weighted by Gasteiger charge is 2.19. The third-order valence-electron chi connectivity index (χ3n) is 11.0. The maximum atomic E-state index is 12.7. The number of unbranched alkanes of at least 4 members (excludes halogenated alkanes) is 28. The summed E-state index contributed by atoms with van der Waals surface area (Å²) < 4.78 is 16.7. The maximum absolute atomic E-state index is 12.7. The maximum Gasteiger partial charge on any atom is 0.306 e. The number of hydrogen-bond acceptors (Lipinski definition) is 6. The van der Waals surface area contributed by atoms with Gasteiger partial charge in [0, 0.05) is 19.3 Å². The van der Waals surface area contributed by atoms with Crippen molar-refractivity contribution in [3.63, 3.8) is 0 Å². The molecular weight excluding hydrogens is 685 g/mol. The summed E-state index contributed by atoms with van der Waals surface area (Å²) in [6, 6.07) is 0. The molecule has 0 aromatic carbocycles. The lowest BCUT2D eigenvalue weighted by Gasteiger charge is -2.18. The molecule has 0 amide bonds. The minimum Gasteiger partial charge on any atom is -0.462 e. The van der Waals surface area contributed by atoms with Crippen LogP contribution in [0.15, 0.2) is 0 Å². The van der Waals surface area contributed by atoms with Gasteiger partial charge < -0.3 is 14.2 Å². The third-order valence-corrected chi connectivity index (χ3v) is 11.0. The summed E-state index contributed by atoms with van der Waals surface area (Å²) in [6.07, 6.45) is 41.0. The molecule has 1 atom stereocenters. The van der Waals surface area contributed by atoms with Crippen molar-refractivity contribution in [2.45, 2.75) is 272 Å². The molecular formula is C49H94O6. The first-order valence-corrected chi connectivity index (χ1v) is 24.2. The van der Waals surface area contributed by atoms with E-state index < -0.39 is 6.10 Å². The molecule has 0 N–H and O–H groups in total. The fourth-order valence-electron chi connectivity index (χ4n) is 7.28. The van der Waals surface area contributed by atoms with Crippen LogP contribution in [0.1, 0.15) is 266 Å². The summed E-state index contributed by atoms with van der Waals surface area (Å²) >= 11 is 0. The molecule has 0 aliphatic rings. The van der Waals surface area contributed by atoms with Crippen molar-refractivity contribution in [1.29, 1.82) is 0 Å². The first kappa shape index (κ1) is 53.4. The van der Waals surface area contributed by atoms with Crippen molar-refractivity contribution >= 4 is 17.9 Å². The van der Waals surface area contributed by atoms with E-state index in [0.717, 1.165) is 69.6 Å². The number of carbonyl (C=O) groups excluding carboxylic acids is 3. The van der Waals surface area contributed by atoms with Gasteiger partial charge in [-0.2, -0.15) is 0 Å². The zero-order chi connectivity index (χ0) is 40.5. The fraction of sp³-hybridized carbons (Fsp3) is 0.939. The number of esters is 3. The van der Waals surface area contributed by atoms with Gasteiger partial charge in [0.05, 0.1) is 0 Å². The Bertz CT molecular complexity index is 839. The van der Waals surface area contributed by atoms with Crippen molar-refractivity contribution in [1.82, 2.24) is 0 Å². The smallest absolute Gasteiger partial charge is 0.306 e. The van der Waals surface area contributed by atoms with Crippen LogP contribution >= 0.6 is 0 Å². The van der Waals surface area contributed by atoms with Gasteiger partial charge >= 0.3 is 17.9 Å². The van der Waals surface area contributed by atoms with E-state index in [0.29, 0.717) is 19.3 Å². The number of carbonyl (C=O) groups is 3. The molecule has 0 aromatic rings. The van der Waals surface area contributed by atoms with Crippen LogP contribution in [-0.4, -0.2) is 37.2 Å². The summed E-state index contributed by atoms with van der Waals surface area (Å²) in [5, 5.41) is 0. The standard InChI is InChI=1S/C49H94O6/c1-6-7-8-9-10-11-20-23-29-34-39-47(50)53-42-46(55-49(52)41-36-31-26-25-28-33-38-45(4)5)43-54-48(51)40-35-30-24-21-18-16-14-12-13-15-17-19-22-27-32-37-44(2)3/h44-46H,6-43H2,1-5H3/t46-/m1/s1. The summed E-state index contributed by atoms with van der Waals surface area (Å²) in [5.74, 6) is 0.749. The summed E-state index contributed by atoms with van der Waals surface area (Å²) in [6.45, 7) is 11.3. The molecule has 0 aromatic heterocycles. The van der Waals surface area contributed by atoms with Crippen molar-refractivity contribution in [2.75, 3.05) is 13.2 Å². The van der Waals surface area contributed by atoms with Crippen molar-refractivity contribution in [3.05, 3.63) is 0 Å². The van der Waals surface area contributed by atoms with E-state index in [1.807, 2.05) is 0 Å². The van der Waals surface area contributed by atoms with Crippen molar-refractivity contribution in [3.8, 4) is 0 Å². The molecule has 0 aliphatic heterocycles. The van der Waals surface area contributed by atoms with Crippen LogP contribution in [0.5, 0.6) is 0 Å². The van der Waals surface area contributed by atoms with E-state index >= 15 is 0 Å². The Morgan fingerprint density at radius 1 is 0.345 bits per heavy atom. The summed E-state index contributed by atoms with van der Waals surface area (Å²) in [7, 11) is 0. The molecule has 0 spiro atoms. The normalized spacial score (nSPS) is 12.1. The molecule has 0 radical (unpaired) electrons. The summed E-state index contributed by atoms with van der Waals surface area (Å²) in [4.78, 5) is 37.7. The molecule has 0 rings (SSSR count). The van der Waals surface area contributed by atoms with Gasteiger partial charge in [-0.1, -0.05) is 227 Å². The van der Waals surface area contributed by atoms with Gasteiger partial charge in [-0.3, -0.25) is 14.4 Å². The predicted octanol–water partition coefficient (Wildman–Crippen LogP) is 15.4.